The molecule has 2 aromatic rings. The van der Waals surface area contributed by atoms with Gasteiger partial charge < -0.3 is 5.73 Å². The number of alkyl halides is 3. The second-order valence-corrected chi connectivity index (χ2v) is 4.63. The van der Waals surface area contributed by atoms with Crippen molar-refractivity contribution in [2.45, 2.75) is 12.7 Å². The Kier molecular flexibility index (Phi) is 3.34. The molecular formula is C11H9BrF3N3. The molecule has 0 spiro atoms. The van der Waals surface area contributed by atoms with Gasteiger partial charge in [0.1, 0.15) is 0 Å². The quantitative estimate of drug-likeness (QED) is 0.863. The smallest absolute Gasteiger partial charge is 0.398 e. The Bertz CT molecular complexity index is 563. The van der Waals surface area contributed by atoms with E-state index in [4.69, 9.17) is 5.73 Å². The molecule has 0 radical (unpaired) electrons. The van der Waals surface area contributed by atoms with E-state index in [1.807, 2.05) is 0 Å². The van der Waals surface area contributed by atoms with Gasteiger partial charge in [-0.3, -0.25) is 4.68 Å². The zero-order valence-electron chi connectivity index (χ0n) is 9.08. The van der Waals surface area contributed by atoms with Crippen molar-refractivity contribution in [1.82, 2.24) is 9.78 Å². The van der Waals surface area contributed by atoms with Crippen molar-refractivity contribution >= 4 is 21.6 Å². The van der Waals surface area contributed by atoms with Gasteiger partial charge in [0.25, 0.3) is 0 Å². The zero-order valence-corrected chi connectivity index (χ0v) is 10.7. The van der Waals surface area contributed by atoms with Crippen LogP contribution < -0.4 is 5.73 Å². The van der Waals surface area contributed by atoms with Crippen molar-refractivity contribution in [1.29, 1.82) is 0 Å². The normalized spacial score (nSPS) is 11.8. The molecule has 96 valence electrons. The number of benzene rings is 1. The molecular weight excluding hydrogens is 311 g/mol. The van der Waals surface area contributed by atoms with Gasteiger partial charge in [-0.1, -0.05) is 6.07 Å². The number of aromatic nitrogens is 2. The molecule has 0 fully saturated rings. The first-order valence-electron chi connectivity index (χ1n) is 5.00. The van der Waals surface area contributed by atoms with Crippen LogP contribution in [0.1, 0.15) is 11.1 Å². The van der Waals surface area contributed by atoms with Crippen molar-refractivity contribution in [3.05, 3.63) is 46.2 Å². The van der Waals surface area contributed by atoms with Crippen LogP contribution in [-0.2, 0) is 12.7 Å². The van der Waals surface area contributed by atoms with Crippen LogP contribution in [0.5, 0.6) is 0 Å². The predicted molar refractivity (Wildman–Crippen MR) is 64.9 cm³/mol. The molecule has 0 aliphatic rings. The van der Waals surface area contributed by atoms with E-state index >= 15 is 0 Å². The van der Waals surface area contributed by atoms with Gasteiger partial charge in [0.15, 0.2) is 0 Å². The number of nitrogen functional groups attached to an aromatic ring is 1. The molecule has 0 amide bonds. The Labute approximate surface area is 110 Å². The number of rotatable bonds is 2. The summed E-state index contributed by atoms with van der Waals surface area (Å²) in [6.07, 6.45) is -2.59. The van der Waals surface area contributed by atoms with Crippen LogP contribution in [0, 0.1) is 0 Å². The van der Waals surface area contributed by atoms with Gasteiger partial charge >= 0.3 is 6.18 Å². The summed E-state index contributed by atoms with van der Waals surface area (Å²) in [6, 6.07) is 5.22. The van der Waals surface area contributed by atoms with Crippen LogP contribution >= 0.6 is 15.9 Å². The molecule has 0 saturated heterocycles. The number of nitrogens with two attached hydrogens (primary N) is 1. The van der Waals surface area contributed by atoms with Crippen molar-refractivity contribution < 1.29 is 13.2 Å². The van der Waals surface area contributed by atoms with Crippen LogP contribution in [0.25, 0.3) is 0 Å². The molecule has 2 N–H and O–H groups in total. The minimum Gasteiger partial charge on any atom is -0.398 e. The lowest BCUT2D eigenvalue weighted by atomic mass is 10.2. The average Bonchev–Trinajstić information content (AvgIpc) is 2.72. The van der Waals surface area contributed by atoms with Crippen LogP contribution in [0.15, 0.2) is 35.1 Å². The molecule has 1 aromatic heterocycles. The standard InChI is InChI=1S/C11H9BrF3N3/c12-9-2-1-7(3-10(9)16)5-18-6-8(4-17-18)11(13,14)15/h1-4,6H,5,16H2. The third-order valence-corrected chi connectivity index (χ3v) is 3.09. The number of hydrogen-bond donors (Lipinski definition) is 1. The van der Waals surface area contributed by atoms with Gasteiger partial charge in [-0.25, -0.2) is 0 Å². The minimum atomic E-state index is -4.36. The molecule has 1 heterocycles. The first-order chi connectivity index (χ1) is 8.36. The Morgan fingerprint density at radius 3 is 2.61 bits per heavy atom. The number of nitrogens with zero attached hydrogens (tertiary/aromatic N) is 2. The molecule has 2 rings (SSSR count). The summed E-state index contributed by atoms with van der Waals surface area (Å²) < 4.78 is 39.1. The summed E-state index contributed by atoms with van der Waals surface area (Å²) in [6.45, 7) is 0.244. The van der Waals surface area contributed by atoms with Gasteiger partial charge in [-0.05, 0) is 33.6 Å². The van der Waals surface area contributed by atoms with Crippen LogP contribution in [0.3, 0.4) is 0 Å². The molecule has 0 atom stereocenters. The summed E-state index contributed by atoms with van der Waals surface area (Å²) in [5.74, 6) is 0. The van der Waals surface area contributed by atoms with Crippen LogP contribution in [0.4, 0.5) is 18.9 Å². The highest BCUT2D eigenvalue weighted by atomic mass is 79.9. The fourth-order valence-electron chi connectivity index (χ4n) is 1.48. The van der Waals surface area contributed by atoms with Gasteiger partial charge in [0.2, 0.25) is 0 Å². The van der Waals surface area contributed by atoms with E-state index in [1.54, 1.807) is 18.2 Å². The fourth-order valence-corrected chi connectivity index (χ4v) is 1.72. The highest BCUT2D eigenvalue weighted by Gasteiger charge is 2.32. The average molecular weight is 320 g/mol. The molecule has 18 heavy (non-hydrogen) atoms. The summed E-state index contributed by atoms with van der Waals surface area (Å²) in [4.78, 5) is 0. The number of anilines is 1. The summed E-state index contributed by atoms with van der Waals surface area (Å²) in [7, 11) is 0. The largest absolute Gasteiger partial charge is 0.419 e. The second kappa shape index (κ2) is 4.64. The topological polar surface area (TPSA) is 43.8 Å². The van der Waals surface area contributed by atoms with Crippen molar-refractivity contribution in [3.63, 3.8) is 0 Å². The van der Waals surface area contributed by atoms with Gasteiger partial charge in [0, 0.05) is 16.4 Å². The summed E-state index contributed by atoms with van der Waals surface area (Å²) in [5, 5.41) is 3.67. The third-order valence-electron chi connectivity index (χ3n) is 2.37. The minimum absolute atomic E-state index is 0.244. The van der Waals surface area contributed by atoms with E-state index in [2.05, 4.69) is 21.0 Å². The molecule has 7 heteroatoms. The lowest BCUT2D eigenvalue weighted by molar-refractivity contribution is -0.137. The van der Waals surface area contributed by atoms with E-state index in [0.717, 1.165) is 22.4 Å². The maximum absolute atomic E-state index is 12.4. The fraction of sp³-hybridized carbons (Fsp3) is 0.182. The summed E-state index contributed by atoms with van der Waals surface area (Å²) >= 11 is 3.25. The van der Waals surface area contributed by atoms with Gasteiger partial charge in [0.05, 0.1) is 18.3 Å². The summed E-state index contributed by atoms with van der Waals surface area (Å²) in [5.41, 5.74) is 6.26. The first kappa shape index (κ1) is 12.9. The van der Waals surface area contributed by atoms with E-state index in [-0.39, 0.29) is 6.54 Å². The van der Waals surface area contributed by atoms with Crippen molar-refractivity contribution in [2.24, 2.45) is 0 Å². The van der Waals surface area contributed by atoms with Crippen molar-refractivity contribution in [3.8, 4) is 0 Å². The molecule has 0 bridgehead atoms. The van der Waals surface area contributed by atoms with E-state index < -0.39 is 11.7 Å². The van der Waals surface area contributed by atoms with Crippen LogP contribution in [-0.4, -0.2) is 9.78 Å². The van der Waals surface area contributed by atoms with E-state index in [9.17, 15) is 13.2 Å². The third kappa shape index (κ3) is 2.84. The molecule has 0 unspecified atom stereocenters. The highest BCUT2D eigenvalue weighted by molar-refractivity contribution is 9.10. The Morgan fingerprint density at radius 2 is 2.06 bits per heavy atom. The second-order valence-electron chi connectivity index (χ2n) is 3.78. The molecule has 1 aromatic carbocycles. The molecule has 0 saturated carbocycles. The molecule has 0 aliphatic heterocycles. The highest BCUT2D eigenvalue weighted by Crippen LogP contribution is 2.28. The Balaban J connectivity index is 2.19. The maximum atomic E-state index is 12.4. The van der Waals surface area contributed by atoms with Crippen LogP contribution in [0.2, 0.25) is 0 Å². The first-order valence-corrected chi connectivity index (χ1v) is 5.79. The molecule has 0 aliphatic carbocycles. The van der Waals surface area contributed by atoms with Crippen molar-refractivity contribution in [2.75, 3.05) is 5.73 Å². The maximum Gasteiger partial charge on any atom is 0.419 e. The number of hydrogen-bond acceptors (Lipinski definition) is 2. The predicted octanol–water partition coefficient (Wildman–Crippen LogP) is 3.29. The molecule has 3 nitrogen and oxygen atoms in total. The SMILES string of the molecule is Nc1cc(Cn2cc(C(F)(F)F)cn2)ccc1Br. The Hall–Kier alpha value is -1.50. The Morgan fingerprint density at radius 1 is 1.33 bits per heavy atom. The van der Waals surface area contributed by atoms with E-state index in [1.165, 1.54) is 4.68 Å². The monoisotopic (exact) mass is 319 g/mol. The lowest BCUT2D eigenvalue weighted by Crippen LogP contribution is -2.04. The van der Waals surface area contributed by atoms with Gasteiger partial charge in [-0.15, -0.1) is 0 Å². The van der Waals surface area contributed by atoms with E-state index in [0.29, 0.717) is 5.69 Å². The lowest BCUT2D eigenvalue weighted by Gasteiger charge is -2.05. The number of halogens is 4. The zero-order chi connectivity index (χ0) is 13.3. The van der Waals surface area contributed by atoms with Gasteiger partial charge in [-0.2, -0.15) is 18.3 Å².